The van der Waals surface area contributed by atoms with E-state index in [-0.39, 0.29) is 0 Å². The van der Waals surface area contributed by atoms with E-state index >= 15 is 0 Å². The zero-order chi connectivity index (χ0) is 9.80. The molecule has 0 aliphatic carbocycles. The van der Waals surface area contributed by atoms with E-state index in [9.17, 15) is 0 Å². The molecule has 1 aromatic rings. The Labute approximate surface area is 86.1 Å². The molecule has 0 N–H and O–H groups in total. The maximum Gasteiger partial charge on any atom is 0.0323 e. The molecule has 1 heterocycles. The summed E-state index contributed by atoms with van der Waals surface area (Å²) in [6, 6.07) is 11.2. The molecule has 2 rings (SSSR count). The summed E-state index contributed by atoms with van der Waals surface area (Å²) < 4.78 is 0. The Bertz CT molecular complexity index is 302. The van der Waals surface area contributed by atoms with Gasteiger partial charge in [0, 0.05) is 19.1 Å². The van der Waals surface area contributed by atoms with E-state index in [2.05, 4.69) is 54.3 Å². The van der Waals surface area contributed by atoms with Gasteiger partial charge in [0.15, 0.2) is 0 Å². The van der Waals surface area contributed by atoms with Gasteiger partial charge in [-0.25, -0.2) is 0 Å². The van der Waals surface area contributed by atoms with Gasteiger partial charge in [-0.05, 0) is 25.0 Å². The topological polar surface area (TPSA) is 3.24 Å². The van der Waals surface area contributed by atoms with Crippen LogP contribution in [0.1, 0.15) is 24.9 Å². The number of benzene rings is 1. The third-order valence-corrected chi connectivity index (χ3v) is 2.83. The summed E-state index contributed by atoms with van der Waals surface area (Å²) >= 11 is 0. The first-order valence-corrected chi connectivity index (χ1v) is 5.22. The second-order valence-electron chi connectivity index (χ2n) is 3.75. The standard InChI is InChI=1S/C13H16N/c1-12(13-8-4-2-5-9-13)14-10-6-3-7-11-14/h2-5,8-9,12H,6,10-11H2,1H3. The third-order valence-electron chi connectivity index (χ3n) is 2.83. The molecule has 1 aliphatic heterocycles. The fourth-order valence-electron chi connectivity index (χ4n) is 1.87. The number of nitrogens with zero attached hydrogens (tertiary/aromatic N) is 1. The van der Waals surface area contributed by atoms with Gasteiger partial charge in [-0.3, -0.25) is 4.90 Å². The minimum absolute atomic E-state index is 0.511. The Morgan fingerprint density at radius 2 is 2.07 bits per heavy atom. The molecule has 0 aromatic heterocycles. The predicted molar refractivity (Wildman–Crippen MR) is 58.9 cm³/mol. The first-order valence-electron chi connectivity index (χ1n) is 5.22. The summed E-state index contributed by atoms with van der Waals surface area (Å²) in [5, 5.41) is 0. The van der Waals surface area contributed by atoms with Gasteiger partial charge >= 0.3 is 0 Å². The van der Waals surface area contributed by atoms with Crippen LogP contribution in [-0.4, -0.2) is 18.0 Å². The summed E-state index contributed by atoms with van der Waals surface area (Å²) in [6.07, 6.45) is 6.57. The molecule has 73 valence electrons. The first kappa shape index (κ1) is 9.47. The number of rotatable bonds is 2. The highest BCUT2D eigenvalue weighted by atomic mass is 15.1. The van der Waals surface area contributed by atoms with E-state index < -0.39 is 0 Å². The van der Waals surface area contributed by atoms with Crippen LogP contribution in [0.25, 0.3) is 0 Å². The van der Waals surface area contributed by atoms with Gasteiger partial charge < -0.3 is 0 Å². The Kier molecular flexibility index (Phi) is 3.00. The number of hydrogen-bond acceptors (Lipinski definition) is 1. The van der Waals surface area contributed by atoms with E-state index in [0.717, 1.165) is 19.5 Å². The van der Waals surface area contributed by atoms with E-state index in [0.29, 0.717) is 6.04 Å². The van der Waals surface area contributed by atoms with Crippen molar-refractivity contribution >= 4 is 0 Å². The van der Waals surface area contributed by atoms with Gasteiger partial charge in [0.1, 0.15) is 0 Å². The van der Waals surface area contributed by atoms with Crippen LogP contribution in [0.3, 0.4) is 0 Å². The highest BCUT2D eigenvalue weighted by Crippen LogP contribution is 2.21. The van der Waals surface area contributed by atoms with Gasteiger partial charge in [0.05, 0.1) is 0 Å². The lowest BCUT2D eigenvalue weighted by atomic mass is 10.1. The van der Waals surface area contributed by atoms with Gasteiger partial charge in [-0.2, -0.15) is 0 Å². The average molecular weight is 186 g/mol. The zero-order valence-electron chi connectivity index (χ0n) is 8.61. The van der Waals surface area contributed by atoms with Crippen molar-refractivity contribution in [2.75, 3.05) is 13.1 Å². The molecule has 1 aliphatic rings. The Hall–Kier alpha value is -1.08. The van der Waals surface area contributed by atoms with Gasteiger partial charge in [-0.15, -0.1) is 0 Å². The molecule has 1 radical (unpaired) electrons. The second-order valence-corrected chi connectivity index (χ2v) is 3.75. The van der Waals surface area contributed by atoms with Gasteiger partial charge in [-0.1, -0.05) is 36.4 Å². The van der Waals surface area contributed by atoms with Crippen molar-refractivity contribution in [1.82, 2.24) is 4.90 Å². The van der Waals surface area contributed by atoms with E-state index in [1.807, 2.05) is 0 Å². The quantitative estimate of drug-likeness (QED) is 0.686. The Morgan fingerprint density at radius 1 is 1.29 bits per heavy atom. The van der Waals surface area contributed by atoms with Crippen molar-refractivity contribution in [2.45, 2.75) is 19.4 Å². The SMILES string of the molecule is CC(c1ccccc1)N1C[C]=CCC1. The van der Waals surface area contributed by atoms with Gasteiger partial charge in [0.25, 0.3) is 0 Å². The summed E-state index contributed by atoms with van der Waals surface area (Å²) in [6.45, 7) is 4.39. The Balaban J connectivity index is 2.08. The lowest BCUT2D eigenvalue weighted by Gasteiger charge is -2.29. The molecule has 0 fully saturated rings. The highest BCUT2D eigenvalue weighted by molar-refractivity contribution is 5.18. The van der Waals surface area contributed by atoms with Crippen LogP contribution in [0.15, 0.2) is 36.4 Å². The molecule has 0 bridgehead atoms. The maximum absolute atomic E-state index is 3.29. The van der Waals surface area contributed by atoms with E-state index in [1.165, 1.54) is 5.56 Å². The molecule has 0 amide bonds. The van der Waals surface area contributed by atoms with Gasteiger partial charge in [0.2, 0.25) is 0 Å². The molecule has 0 spiro atoms. The Morgan fingerprint density at radius 3 is 2.71 bits per heavy atom. The van der Waals surface area contributed by atoms with E-state index in [1.54, 1.807) is 0 Å². The molecular weight excluding hydrogens is 170 g/mol. The summed E-state index contributed by atoms with van der Waals surface area (Å²) in [7, 11) is 0. The summed E-state index contributed by atoms with van der Waals surface area (Å²) in [5.41, 5.74) is 1.40. The molecule has 1 nitrogen and oxygen atoms in total. The van der Waals surface area contributed by atoms with Crippen LogP contribution in [0, 0.1) is 6.08 Å². The molecule has 1 heteroatoms. The lowest BCUT2D eigenvalue weighted by Crippen LogP contribution is -2.30. The van der Waals surface area contributed by atoms with Crippen molar-refractivity contribution in [3.8, 4) is 0 Å². The lowest BCUT2D eigenvalue weighted by molar-refractivity contribution is 0.227. The van der Waals surface area contributed by atoms with Crippen molar-refractivity contribution in [3.05, 3.63) is 48.0 Å². The summed E-state index contributed by atoms with van der Waals surface area (Å²) in [5.74, 6) is 0. The molecule has 14 heavy (non-hydrogen) atoms. The van der Waals surface area contributed by atoms with Crippen LogP contribution < -0.4 is 0 Å². The fraction of sp³-hybridized carbons (Fsp3) is 0.385. The minimum atomic E-state index is 0.511. The molecule has 1 unspecified atom stereocenters. The van der Waals surface area contributed by atoms with Crippen LogP contribution in [0.2, 0.25) is 0 Å². The van der Waals surface area contributed by atoms with Crippen molar-refractivity contribution in [2.24, 2.45) is 0 Å². The van der Waals surface area contributed by atoms with Crippen LogP contribution in [0.5, 0.6) is 0 Å². The zero-order valence-corrected chi connectivity index (χ0v) is 8.61. The van der Waals surface area contributed by atoms with Crippen molar-refractivity contribution in [1.29, 1.82) is 0 Å². The average Bonchev–Trinajstić information content (AvgIpc) is 2.30. The second kappa shape index (κ2) is 4.43. The molecule has 1 atom stereocenters. The molecule has 1 aromatic carbocycles. The molecular formula is C13H16N. The van der Waals surface area contributed by atoms with Crippen LogP contribution in [-0.2, 0) is 0 Å². The first-order chi connectivity index (χ1) is 6.88. The monoisotopic (exact) mass is 186 g/mol. The van der Waals surface area contributed by atoms with Crippen molar-refractivity contribution < 1.29 is 0 Å². The number of hydrogen-bond donors (Lipinski definition) is 0. The summed E-state index contributed by atoms with van der Waals surface area (Å²) in [4.78, 5) is 2.45. The minimum Gasteiger partial charge on any atom is -0.292 e. The van der Waals surface area contributed by atoms with Crippen molar-refractivity contribution in [3.63, 3.8) is 0 Å². The largest absolute Gasteiger partial charge is 0.292 e. The third kappa shape index (κ3) is 2.05. The molecule has 0 saturated carbocycles. The smallest absolute Gasteiger partial charge is 0.0323 e. The maximum atomic E-state index is 3.29. The van der Waals surface area contributed by atoms with Crippen LogP contribution >= 0.6 is 0 Å². The fourth-order valence-corrected chi connectivity index (χ4v) is 1.87. The predicted octanol–water partition coefficient (Wildman–Crippen LogP) is 2.81. The van der Waals surface area contributed by atoms with E-state index in [4.69, 9.17) is 0 Å². The van der Waals surface area contributed by atoms with Crippen LogP contribution in [0.4, 0.5) is 0 Å². The highest BCUT2D eigenvalue weighted by Gasteiger charge is 2.15. The normalized spacial score (nSPS) is 19.5. The molecule has 0 saturated heterocycles.